The van der Waals surface area contributed by atoms with Crippen molar-refractivity contribution in [2.45, 2.75) is 31.6 Å². The molecule has 1 fully saturated rings. The number of rotatable bonds is 1. The lowest BCUT2D eigenvalue weighted by molar-refractivity contribution is -0.148. The molecule has 0 saturated carbocycles. The van der Waals surface area contributed by atoms with Gasteiger partial charge in [0.25, 0.3) is 0 Å². The largest absolute Gasteiger partial charge is 0.449 e. The number of imidazole rings is 1. The molecule has 3 heterocycles. The summed E-state index contributed by atoms with van der Waals surface area (Å²) in [6.45, 7) is 1.21. The van der Waals surface area contributed by atoms with Crippen molar-refractivity contribution in [2.75, 3.05) is 13.1 Å². The molecule has 5 nitrogen and oxygen atoms in total. The molecule has 8 heteroatoms. The molecular weight excluding hydrogens is 261 g/mol. The molecule has 2 N–H and O–H groups in total. The van der Waals surface area contributed by atoms with Crippen molar-refractivity contribution in [3.05, 3.63) is 17.2 Å². The van der Waals surface area contributed by atoms with Crippen molar-refractivity contribution in [1.29, 1.82) is 0 Å². The minimum absolute atomic E-state index is 0.0826. The number of aromatic nitrogens is 2. The van der Waals surface area contributed by atoms with E-state index in [1.807, 2.05) is 0 Å². The molecule has 0 radical (unpaired) electrons. The third kappa shape index (κ3) is 2.09. The van der Waals surface area contributed by atoms with Gasteiger partial charge in [-0.05, 0) is 0 Å². The van der Waals surface area contributed by atoms with Crippen molar-refractivity contribution in [3.8, 4) is 0 Å². The number of nitrogens with zero attached hydrogens (tertiary/aromatic N) is 2. The highest BCUT2D eigenvalue weighted by atomic mass is 19.4. The van der Waals surface area contributed by atoms with Gasteiger partial charge in [0.1, 0.15) is 0 Å². The third-order valence-electron chi connectivity index (χ3n) is 3.50. The molecule has 1 amide bonds. The highest BCUT2D eigenvalue weighted by Gasteiger charge is 2.42. The van der Waals surface area contributed by atoms with Gasteiger partial charge in [0.05, 0.1) is 11.7 Å². The first-order valence-corrected chi connectivity index (χ1v) is 6.11. The van der Waals surface area contributed by atoms with Gasteiger partial charge in [-0.2, -0.15) is 13.2 Å². The van der Waals surface area contributed by atoms with Crippen molar-refractivity contribution < 1.29 is 18.0 Å². The molecule has 104 valence electrons. The van der Waals surface area contributed by atoms with Crippen LogP contribution < -0.4 is 10.6 Å². The lowest BCUT2D eigenvalue weighted by Crippen LogP contribution is -2.27. The standard InChI is InChI=1S/C11H13F3N4O/c12-11(13,14)10-17-7-5-15-2-1-8(7)18(10)6-3-9(19)16-4-6/h6,15H,1-5H2,(H,16,19). The molecule has 2 aliphatic rings. The van der Waals surface area contributed by atoms with Gasteiger partial charge >= 0.3 is 6.18 Å². The predicted octanol–water partition coefficient (Wildman–Crippen LogP) is 0.609. The summed E-state index contributed by atoms with van der Waals surface area (Å²) in [5.41, 5.74) is 1.05. The number of hydrogen-bond donors (Lipinski definition) is 2. The van der Waals surface area contributed by atoms with Gasteiger partial charge in [-0.25, -0.2) is 4.98 Å². The lowest BCUT2D eigenvalue weighted by Gasteiger charge is -2.20. The second kappa shape index (κ2) is 4.22. The normalized spacial score (nSPS) is 23.3. The molecule has 1 unspecified atom stereocenters. The molecule has 1 aromatic rings. The molecule has 0 aromatic carbocycles. The minimum Gasteiger partial charge on any atom is -0.354 e. The Morgan fingerprint density at radius 1 is 1.37 bits per heavy atom. The Kier molecular flexibility index (Phi) is 2.77. The Morgan fingerprint density at radius 2 is 2.16 bits per heavy atom. The summed E-state index contributed by atoms with van der Waals surface area (Å²) in [5, 5.41) is 5.58. The van der Waals surface area contributed by atoms with E-state index in [-0.39, 0.29) is 18.9 Å². The molecule has 1 atom stereocenters. The average Bonchev–Trinajstić information content (AvgIpc) is 2.91. The molecule has 2 aliphatic heterocycles. The van der Waals surface area contributed by atoms with Crippen molar-refractivity contribution in [2.24, 2.45) is 0 Å². The van der Waals surface area contributed by atoms with Crippen LogP contribution >= 0.6 is 0 Å². The zero-order chi connectivity index (χ0) is 13.6. The van der Waals surface area contributed by atoms with Crippen LogP contribution in [0, 0.1) is 0 Å². The number of halogens is 3. The zero-order valence-corrected chi connectivity index (χ0v) is 10.0. The first-order valence-electron chi connectivity index (χ1n) is 6.11. The minimum atomic E-state index is -4.50. The fourth-order valence-corrected chi connectivity index (χ4v) is 2.70. The second-order valence-corrected chi connectivity index (χ2v) is 4.79. The van der Waals surface area contributed by atoms with Crippen LogP contribution in [-0.4, -0.2) is 28.5 Å². The summed E-state index contributed by atoms with van der Waals surface area (Å²) in [5.74, 6) is -1.10. The Hall–Kier alpha value is -1.57. The molecule has 0 spiro atoms. The van der Waals surface area contributed by atoms with E-state index >= 15 is 0 Å². The maximum Gasteiger partial charge on any atom is 0.449 e. The Morgan fingerprint density at radius 3 is 2.79 bits per heavy atom. The summed E-state index contributed by atoms with van der Waals surface area (Å²) in [6.07, 6.45) is -3.91. The quantitative estimate of drug-likeness (QED) is 0.789. The molecule has 3 rings (SSSR count). The Balaban J connectivity index is 2.09. The van der Waals surface area contributed by atoms with Gasteiger partial charge in [0, 0.05) is 38.2 Å². The van der Waals surface area contributed by atoms with Crippen molar-refractivity contribution in [1.82, 2.24) is 20.2 Å². The van der Waals surface area contributed by atoms with Crippen LogP contribution in [0.25, 0.3) is 0 Å². The van der Waals surface area contributed by atoms with Gasteiger partial charge < -0.3 is 15.2 Å². The third-order valence-corrected chi connectivity index (χ3v) is 3.50. The highest BCUT2D eigenvalue weighted by Crippen LogP contribution is 2.35. The molecule has 0 aliphatic carbocycles. The van der Waals surface area contributed by atoms with E-state index in [1.54, 1.807) is 0 Å². The number of alkyl halides is 3. The van der Waals surface area contributed by atoms with E-state index in [9.17, 15) is 18.0 Å². The van der Waals surface area contributed by atoms with E-state index in [4.69, 9.17) is 0 Å². The summed E-state index contributed by atoms with van der Waals surface area (Å²) in [6, 6.07) is -0.488. The van der Waals surface area contributed by atoms with Crippen molar-refractivity contribution in [3.63, 3.8) is 0 Å². The van der Waals surface area contributed by atoms with Crippen LogP contribution in [0.1, 0.15) is 29.7 Å². The monoisotopic (exact) mass is 274 g/mol. The SMILES string of the molecule is O=C1CC(n2c(C(F)(F)F)nc3c2CCNC3)CN1. The van der Waals surface area contributed by atoms with Gasteiger partial charge in [0.15, 0.2) is 0 Å². The number of nitrogens with one attached hydrogen (secondary N) is 2. The first-order chi connectivity index (χ1) is 8.97. The number of hydrogen-bond acceptors (Lipinski definition) is 3. The highest BCUT2D eigenvalue weighted by molar-refractivity contribution is 5.78. The summed E-state index contributed by atoms with van der Waals surface area (Å²) < 4.78 is 40.4. The van der Waals surface area contributed by atoms with Gasteiger partial charge in [-0.15, -0.1) is 0 Å². The Labute approximate surface area is 107 Å². The summed E-state index contributed by atoms with van der Waals surface area (Å²) >= 11 is 0. The molecule has 19 heavy (non-hydrogen) atoms. The van der Waals surface area contributed by atoms with Crippen LogP contribution in [0.5, 0.6) is 0 Å². The zero-order valence-electron chi connectivity index (χ0n) is 10.0. The number of fused-ring (bicyclic) bond motifs is 1. The van der Waals surface area contributed by atoms with Crippen LogP contribution in [0.15, 0.2) is 0 Å². The van der Waals surface area contributed by atoms with E-state index in [0.717, 1.165) is 0 Å². The van der Waals surface area contributed by atoms with Gasteiger partial charge in [-0.3, -0.25) is 4.79 Å². The first kappa shape index (κ1) is 12.5. The lowest BCUT2D eigenvalue weighted by atomic mass is 10.1. The van der Waals surface area contributed by atoms with Crippen LogP contribution in [0.4, 0.5) is 13.2 Å². The second-order valence-electron chi connectivity index (χ2n) is 4.79. The van der Waals surface area contributed by atoms with Gasteiger partial charge in [-0.1, -0.05) is 0 Å². The summed E-state index contributed by atoms with van der Waals surface area (Å²) in [7, 11) is 0. The van der Waals surface area contributed by atoms with Gasteiger partial charge in [0.2, 0.25) is 11.7 Å². The fraction of sp³-hybridized carbons (Fsp3) is 0.636. The van der Waals surface area contributed by atoms with Crippen LogP contribution in [-0.2, 0) is 23.9 Å². The summed E-state index contributed by atoms with van der Waals surface area (Å²) in [4.78, 5) is 15.0. The number of carbonyl (C=O) groups excluding carboxylic acids is 1. The topological polar surface area (TPSA) is 59.0 Å². The van der Waals surface area contributed by atoms with E-state index in [2.05, 4.69) is 15.6 Å². The maximum atomic E-state index is 13.1. The fourth-order valence-electron chi connectivity index (χ4n) is 2.70. The van der Waals surface area contributed by atoms with E-state index in [1.165, 1.54) is 4.57 Å². The molecule has 1 aromatic heterocycles. The molecule has 1 saturated heterocycles. The smallest absolute Gasteiger partial charge is 0.354 e. The number of carbonyl (C=O) groups is 1. The number of amides is 1. The Bertz CT molecular complexity index is 523. The van der Waals surface area contributed by atoms with E-state index < -0.39 is 18.0 Å². The van der Waals surface area contributed by atoms with Crippen molar-refractivity contribution >= 4 is 5.91 Å². The van der Waals surface area contributed by atoms with Crippen LogP contribution in [0.2, 0.25) is 0 Å². The predicted molar refractivity (Wildman–Crippen MR) is 59.3 cm³/mol. The average molecular weight is 274 g/mol. The van der Waals surface area contributed by atoms with E-state index in [0.29, 0.717) is 30.9 Å². The van der Waals surface area contributed by atoms with Crippen LogP contribution in [0.3, 0.4) is 0 Å². The molecule has 0 bridgehead atoms. The maximum absolute atomic E-state index is 13.1. The molecular formula is C11H13F3N4O.